The van der Waals surface area contributed by atoms with Gasteiger partial charge in [0.1, 0.15) is 11.5 Å². The Hall–Kier alpha value is -2.73. The Kier molecular flexibility index (Phi) is 6.43. The minimum absolute atomic E-state index is 0.174. The van der Waals surface area contributed by atoms with Crippen LogP contribution in [-0.2, 0) is 11.2 Å². The van der Waals surface area contributed by atoms with Gasteiger partial charge >= 0.3 is 0 Å². The summed E-state index contributed by atoms with van der Waals surface area (Å²) >= 11 is 0. The van der Waals surface area contributed by atoms with E-state index < -0.39 is 0 Å². The first-order valence-corrected chi connectivity index (χ1v) is 10.8. The third-order valence-electron chi connectivity index (χ3n) is 6.10. The summed E-state index contributed by atoms with van der Waals surface area (Å²) in [6.07, 6.45) is 2.41. The van der Waals surface area contributed by atoms with Crippen LogP contribution >= 0.6 is 0 Å². The Bertz CT molecular complexity index is 860. The SMILES string of the molecule is COc1ccc(N2CCN(CCCOc3ccc4c(c3)N(C)C(=O)CC4)CC2)cc1. The highest BCUT2D eigenvalue weighted by Gasteiger charge is 2.21. The number of hydrogen-bond donors (Lipinski definition) is 0. The van der Waals surface area contributed by atoms with Crippen molar-refractivity contribution in [2.75, 3.05) is 63.3 Å². The lowest BCUT2D eigenvalue weighted by Gasteiger charge is -2.36. The van der Waals surface area contributed by atoms with Gasteiger partial charge < -0.3 is 19.3 Å². The molecule has 0 saturated carbocycles. The van der Waals surface area contributed by atoms with Crippen molar-refractivity contribution in [1.29, 1.82) is 0 Å². The fourth-order valence-corrected chi connectivity index (χ4v) is 4.20. The van der Waals surface area contributed by atoms with Crippen molar-refractivity contribution in [3.8, 4) is 11.5 Å². The molecule has 2 aliphatic rings. The third-order valence-corrected chi connectivity index (χ3v) is 6.10. The minimum atomic E-state index is 0.174. The standard InChI is InChI=1S/C24H31N3O3/c1-25-23-18-22(8-4-19(23)5-11-24(25)28)30-17-3-12-26-13-15-27(16-14-26)20-6-9-21(29-2)10-7-20/h4,6-10,18H,3,5,11-17H2,1-2H3. The summed E-state index contributed by atoms with van der Waals surface area (Å²) < 4.78 is 11.2. The van der Waals surface area contributed by atoms with E-state index in [1.54, 1.807) is 12.0 Å². The number of amides is 1. The van der Waals surface area contributed by atoms with E-state index in [0.29, 0.717) is 13.0 Å². The molecule has 2 aromatic rings. The second-order valence-corrected chi connectivity index (χ2v) is 7.97. The van der Waals surface area contributed by atoms with Gasteiger partial charge in [0.15, 0.2) is 0 Å². The number of benzene rings is 2. The fourth-order valence-electron chi connectivity index (χ4n) is 4.20. The molecule has 30 heavy (non-hydrogen) atoms. The molecule has 0 aromatic heterocycles. The Morgan fingerprint density at radius 3 is 2.40 bits per heavy atom. The van der Waals surface area contributed by atoms with Crippen molar-refractivity contribution < 1.29 is 14.3 Å². The van der Waals surface area contributed by atoms with E-state index in [2.05, 4.69) is 28.0 Å². The highest BCUT2D eigenvalue weighted by Crippen LogP contribution is 2.30. The molecule has 0 unspecified atom stereocenters. The number of anilines is 2. The van der Waals surface area contributed by atoms with E-state index in [4.69, 9.17) is 9.47 Å². The number of methoxy groups -OCH3 is 1. The van der Waals surface area contributed by atoms with Crippen LogP contribution in [0.3, 0.4) is 0 Å². The lowest BCUT2D eigenvalue weighted by Crippen LogP contribution is -2.46. The Morgan fingerprint density at radius 2 is 1.67 bits per heavy atom. The predicted octanol–water partition coefficient (Wildman–Crippen LogP) is 3.20. The zero-order valence-corrected chi connectivity index (χ0v) is 18.0. The fraction of sp³-hybridized carbons (Fsp3) is 0.458. The molecule has 0 N–H and O–H groups in total. The first-order valence-electron chi connectivity index (χ1n) is 10.8. The van der Waals surface area contributed by atoms with Crippen LogP contribution in [0.4, 0.5) is 11.4 Å². The molecule has 1 amide bonds. The molecule has 2 aromatic carbocycles. The van der Waals surface area contributed by atoms with E-state index in [9.17, 15) is 4.79 Å². The first kappa shape index (κ1) is 20.5. The maximum Gasteiger partial charge on any atom is 0.227 e. The number of carbonyl (C=O) groups excluding carboxylic acids is 1. The van der Waals surface area contributed by atoms with Crippen molar-refractivity contribution in [3.63, 3.8) is 0 Å². The molecule has 2 heterocycles. The van der Waals surface area contributed by atoms with Gasteiger partial charge in [-0.2, -0.15) is 0 Å². The molecule has 0 radical (unpaired) electrons. The second kappa shape index (κ2) is 9.39. The summed E-state index contributed by atoms with van der Waals surface area (Å²) in [6, 6.07) is 14.4. The van der Waals surface area contributed by atoms with Gasteiger partial charge in [0.25, 0.3) is 0 Å². The molecule has 0 bridgehead atoms. The average Bonchev–Trinajstić information content (AvgIpc) is 2.80. The molecular weight excluding hydrogens is 378 g/mol. The van der Waals surface area contributed by atoms with Crippen LogP contribution in [0, 0.1) is 0 Å². The van der Waals surface area contributed by atoms with Gasteiger partial charge in [0.05, 0.1) is 19.4 Å². The van der Waals surface area contributed by atoms with Gasteiger partial charge in [0.2, 0.25) is 5.91 Å². The molecule has 0 spiro atoms. The molecule has 4 rings (SSSR count). The maximum atomic E-state index is 11.9. The lowest BCUT2D eigenvalue weighted by molar-refractivity contribution is -0.118. The second-order valence-electron chi connectivity index (χ2n) is 7.97. The molecule has 0 atom stereocenters. The van der Waals surface area contributed by atoms with Crippen LogP contribution in [0.25, 0.3) is 0 Å². The summed E-state index contributed by atoms with van der Waals surface area (Å²) in [5.74, 6) is 1.92. The van der Waals surface area contributed by atoms with E-state index in [0.717, 1.165) is 62.8 Å². The molecule has 6 nitrogen and oxygen atoms in total. The van der Waals surface area contributed by atoms with Gasteiger partial charge in [-0.15, -0.1) is 0 Å². The normalized spacial score (nSPS) is 17.1. The number of carbonyl (C=O) groups is 1. The predicted molar refractivity (Wildman–Crippen MR) is 120 cm³/mol. The van der Waals surface area contributed by atoms with Crippen molar-refractivity contribution in [3.05, 3.63) is 48.0 Å². The van der Waals surface area contributed by atoms with Crippen LogP contribution in [0.5, 0.6) is 11.5 Å². The van der Waals surface area contributed by atoms with Crippen LogP contribution in [-0.4, -0.2) is 64.3 Å². The van der Waals surface area contributed by atoms with E-state index in [-0.39, 0.29) is 5.91 Å². The Balaban J connectivity index is 1.19. The summed E-state index contributed by atoms with van der Waals surface area (Å²) in [4.78, 5) is 18.6. The first-order chi connectivity index (χ1) is 14.6. The molecule has 0 aliphatic carbocycles. The van der Waals surface area contributed by atoms with Crippen LogP contribution in [0.2, 0.25) is 0 Å². The van der Waals surface area contributed by atoms with E-state index >= 15 is 0 Å². The monoisotopic (exact) mass is 409 g/mol. The van der Waals surface area contributed by atoms with Crippen molar-refractivity contribution in [2.24, 2.45) is 0 Å². The quantitative estimate of drug-likeness (QED) is 0.657. The maximum absolute atomic E-state index is 11.9. The van der Waals surface area contributed by atoms with Crippen molar-refractivity contribution in [1.82, 2.24) is 4.90 Å². The van der Waals surface area contributed by atoms with E-state index in [1.807, 2.05) is 31.3 Å². The van der Waals surface area contributed by atoms with Gasteiger partial charge in [-0.25, -0.2) is 0 Å². The lowest BCUT2D eigenvalue weighted by atomic mass is 10.0. The largest absolute Gasteiger partial charge is 0.497 e. The van der Waals surface area contributed by atoms with Gasteiger partial charge in [-0.05, 0) is 48.7 Å². The smallest absolute Gasteiger partial charge is 0.227 e. The highest BCUT2D eigenvalue weighted by atomic mass is 16.5. The molecule has 6 heteroatoms. The number of piperazine rings is 1. The molecule has 1 saturated heterocycles. The summed E-state index contributed by atoms with van der Waals surface area (Å²) in [5, 5.41) is 0. The minimum Gasteiger partial charge on any atom is -0.497 e. The number of ether oxygens (including phenoxy) is 2. The summed E-state index contributed by atoms with van der Waals surface area (Å²) in [7, 11) is 3.54. The third kappa shape index (κ3) is 4.70. The van der Waals surface area contributed by atoms with Crippen LogP contribution < -0.4 is 19.3 Å². The van der Waals surface area contributed by atoms with Gasteiger partial charge in [0, 0.05) is 57.9 Å². The van der Waals surface area contributed by atoms with Crippen LogP contribution in [0.1, 0.15) is 18.4 Å². The Morgan fingerprint density at radius 1 is 0.933 bits per heavy atom. The van der Waals surface area contributed by atoms with Gasteiger partial charge in [-0.3, -0.25) is 9.69 Å². The van der Waals surface area contributed by atoms with Crippen LogP contribution in [0.15, 0.2) is 42.5 Å². The zero-order chi connectivity index (χ0) is 20.9. The number of hydrogen-bond acceptors (Lipinski definition) is 5. The number of nitrogens with zero attached hydrogens (tertiary/aromatic N) is 3. The average molecular weight is 410 g/mol. The van der Waals surface area contributed by atoms with Crippen molar-refractivity contribution >= 4 is 17.3 Å². The number of fused-ring (bicyclic) bond motifs is 1. The molecular formula is C24H31N3O3. The molecule has 160 valence electrons. The number of rotatable bonds is 7. The Labute approximate surface area is 179 Å². The highest BCUT2D eigenvalue weighted by molar-refractivity contribution is 5.96. The summed E-state index contributed by atoms with van der Waals surface area (Å²) in [5.41, 5.74) is 3.47. The molecule has 2 aliphatic heterocycles. The summed E-state index contributed by atoms with van der Waals surface area (Å²) in [6.45, 7) is 5.95. The van der Waals surface area contributed by atoms with Gasteiger partial charge in [-0.1, -0.05) is 6.07 Å². The topological polar surface area (TPSA) is 45.2 Å². The zero-order valence-electron chi connectivity index (χ0n) is 18.0. The van der Waals surface area contributed by atoms with Crippen molar-refractivity contribution in [2.45, 2.75) is 19.3 Å². The van der Waals surface area contributed by atoms with E-state index in [1.165, 1.54) is 11.3 Å². The molecule has 1 fully saturated rings. The number of aryl methyl sites for hydroxylation is 1.